The predicted molar refractivity (Wildman–Crippen MR) is 182 cm³/mol. The highest BCUT2D eigenvalue weighted by molar-refractivity contribution is 6.99. The van der Waals surface area contributed by atoms with E-state index in [-0.39, 0.29) is 10.6 Å². The molecule has 0 saturated carbocycles. The van der Waals surface area contributed by atoms with Crippen LogP contribution in [0.25, 0.3) is 33.3 Å². The molecule has 4 nitrogen and oxygen atoms in total. The second-order valence-corrected chi connectivity index (χ2v) is 16.4. The maximum absolute atomic E-state index is 11.6. The van der Waals surface area contributed by atoms with Gasteiger partial charge in [0.15, 0.2) is 0 Å². The van der Waals surface area contributed by atoms with E-state index in [2.05, 4.69) is 112 Å². The molecule has 6 aromatic rings. The van der Waals surface area contributed by atoms with E-state index in [0.717, 1.165) is 38.9 Å². The number of aromatic nitrogens is 1. The normalized spacial score (nSPS) is 11.9. The minimum absolute atomic E-state index is 0.159. The summed E-state index contributed by atoms with van der Waals surface area (Å²) in [4.78, 5) is 16.6. The van der Waals surface area contributed by atoms with Crippen LogP contribution in [0, 0.1) is 0 Å². The first-order valence-electron chi connectivity index (χ1n) is 14.8. The summed E-state index contributed by atoms with van der Waals surface area (Å²) < 4.78 is 7.31. The third-order valence-electron chi connectivity index (χ3n) is 8.31. The first-order chi connectivity index (χ1) is 21.3. The lowest BCUT2D eigenvalue weighted by Gasteiger charge is -2.43. The number of para-hydroxylation sites is 1. The highest BCUT2D eigenvalue weighted by Crippen LogP contribution is 2.38. The maximum Gasteiger partial charge on any atom is 0.335 e. The molecule has 0 aliphatic heterocycles. The van der Waals surface area contributed by atoms with E-state index in [4.69, 9.17) is 9.41 Å². The molecule has 0 aliphatic carbocycles. The first kappa shape index (κ1) is 29.2. The molecule has 0 saturated heterocycles. The second kappa shape index (κ2) is 12.0. The number of carbonyl (C=O) groups is 1. The number of rotatable bonds is 8. The van der Waals surface area contributed by atoms with Gasteiger partial charge in [0.05, 0.1) is 23.4 Å². The van der Waals surface area contributed by atoms with E-state index in [1.165, 1.54) is 10.4 Å². The maximum atomic E-state index is 11.6. The molecule has 5 heteroatoms. The Morgan fingerprint density at radius 2 is 1.30 bits per heavy atom. The molecule has 1 heterocycles. The van der Waals surface area contributed by atoms with Crippen molar-refractivity contribution < 1.29 is 14.3 Å². The smallest absolute Gasteiger partial charge is 0.335 e. The highest BCUT2D eigenvalue weighted by atomic mass is 28.4. The lowest BCUT2D eigenvalue weighted by atomic mass is 9.95. The molecule has 1 aromatic heterocycles. The monoisotopic (exact) mass is 593 g/mol. The number of nitrogens with zero attached hydrogens (tertiary/aromatic N) is 1. The van der Waals surface area contributed by atoms with Crippen molar-refractivity contribution in [2.75, 3.05) is 0 Å². The Kier molecular flexibility index (Phi) is 8.00. The summed E-state index contributed by atoms with van der Waals surface area (Å²) in [5.74, 6) is -0.944. The van der Waals surface area contributed by atoms with Crippen molar-refractivity contribution in [3.05, 3.63) is 151 Å². The molecule has 218 valence electrons. The Bertz CT molecular complexity index is 1870. The SMILES string of the molecule is CC(C)(C)[Si](OCc1ccc(-c2ccc3ccccc3n2)cc1-c1ccc(C(=O)O)cc1)(c1ccccc1)c1ccccc1. The molecule has 0 aliphatic rings. The molecular weight excluding hydrogens is 559 g/mol. The number of hydrogen-bond acceptors (Lipinski definition) is 3. The van der Waals surface area contributed by atoms with Crippen molar-refractivity contribution in [3.63, 3.8) is 0 Å². The zero-order chi connectivity index (χ0) is 30.7. The van der Waals surface area contributed by atoms with Gasteiger partial charge >= 0.3 is 5.97 Å². The van der Waals surface area contributed by atoms with Gasteiger partial charge in [0, 0.05) is 10.9 Å². The van der Waals surface area contributed by atoms with Crippen LogP contribution in [0.5, 0.6) is 0 Å². The number of carboxylic acid groups (broad SMARTS) is 1. The van der Waals surface area contributed by atoms with Crippen LogP contribution in [-0.4, -0.2) is 24.4 Å². The molecule has 0 atom stereocenters. The Morgan fingerprint density at radius 1 is 0.705 bits per heavy atom. The lowest BCUT2D eigenvalue weighted by Crippen LogP contribution is -2.66. The number of carboxylic acids is 1. The second-order valence-electron chi connectivity index (χ2n) is 12.1. The highest BCUT2D eigenvalue weighted by Gasteiger charge is 2.50. The fourth-order valence-corrected chi connectivity index (χ4v) is 10.6. The van der Waals surface area contributed by atoms with Crippen LogP contribution < -0.4 is 10.4 Å². The summed E-state index contributed by atoms with van der Waals surface area (Å²) in [5.41, 5.74) is 6.02. The molecule has 0 spiro atoms. The minimum atomic E-state index is -2.78. The Balaban J connectivity index is 1.47. The van der Waals surface area contributed by atoms with Gasteiger partial charge in [0.1, 0.15) is 0 Å². The van der Waals surface area contributed by atoms with Gasteiger partial charge in [-0.3, -0.25) is 0 Å². The zero-order valence-electron chi connectivity index (χ0n) is 25.2. The summed E-state index contributed by atoms with van der Waals surface area (Å²) in [6, 6.07) is 47.0. The van der Waals surface area contributed by atoms with Gasteiger partial charge in [-0.25, -0.2) is 9.78 Å². The van der Waals surface area contributed by atoms with Crippen LogP contribution in [0.2, 0.25) is 5.04 Å². The fraction of sp³-hybridized carbons (Fsp3) is 0.128. The zero-order valence-corrected chi connectivity index (χ0v) is 26.2. The molecule has 0 radical (unpaired) electrons. The number of benzene rings is 5. The summed E-state index contributed by atoms with van der Waals surface area (Å²) in [5, 5.41) is 12.9. The number of aromatic carboxylic acids is 1. The van der Waals surface area contributed by atoms with E-state index in [0.29, 0.717) is 6.61 Å². The topological polar surface area (TPSA) is 59.4 Å². The molecule has 6 rings (SSSR count). The average Bonchev–Trinajstić information content (AvgIpc) is 3.05. The third kappa shape index (κ3) is 5.60. The van der Waals surface area contributed by atoms with Crippen molar-refractivity contribution in [2.45, 2.75) is 32.4 Å². The van der Waals surface area contributed by atoms with Gasteiger partial charge in [-0.1, -0.05) is 130 Å². The summed E-state index contributed by atoms with van der Waals surface area (Å²) >= 11 is 0. The first-order valence-corrected chi connectivity index (χ1v) is 16.7. The molecule has 0 bridgehead atoms. The lowest BCUT2D eigenvalue weighted by molar-refractivity contribution is 0.0697. The van der Waals surface area contributed by atoms with Gasteiger partial charge < -0.3 is 9.53 Å². The quantitative estimate of drug-likeness (QED) is 0.180. The van der Waals surface area contributed by atoms with Crippen LogP contribution in [0.15, 0.2) is 140 Å². The van der Waals surface area contributed by atoms with Crippen LogP contribution in [0.3, 0.4) is 0 Å². The standard InChI is InChI=1S/C39H35NO3Si/c1-39(2,3)44(33-13-6-4-7-14-33,34-15-8-5-9-16-34)43-27-32-23-22-31(37-25-24-29-12-10-11-17-36(29)40-37)26-35(32)28-18-20-30(21-19-28)38(41)42/h4-26H,27H2,1-3H3,(H,41,42). The summed E-state index contributed by atoms with van der Waals surface area (Å²) in [7, 11) is -2.78. The van der Waals surface area contributed by atoms with E-state index in [1.54, 1.807) is 12.1 Å². The van der Waals surface area contributed by atoms with Gasteiger partial charge in [0.25, 0.3) is 8.32 Å². The van der Waals surface area contributed by atoms with Crippen LogP contribution in [-0.2, 0) is 11.0 Å². The summed E-state index contributed by atoms with van der Waals surface area (Å²) in [6.07, 6.45) is 0. The largest absolute Gasteiger partial charge is 0.478 e. The van der Waals surface area contributed by atoms with E-state index < -0.39 is 14.3 Å². The molecular formula is C39H35NO3Si. The van der Waals surface area contributed by atoms with E-state index in [9.17, 15) is 9.90 Å². The molecule has 0 unspecified atom stereocenters. The van der Waals surface area contributed by atoms with Gasteiger partial charge in [-0.05, 0) is 62.4 Å². The average molecular weight is 594 g/mol. The van der Waals surface area contributed by atoms with Crippen molar-refractivity contribution in [1.82, 2.24) is 4.98 Å². The van der Waals surface area contributed by atoms with Crippen LogP contribution in [0.1, 0.15) is 36.7 Å². The Labute approximate surface area is 259 Å². The molecule has 5 aromatic carbocycles. The van der Waals surface area contributed by atoms with Crippen LogP contribution >= 0.6 is 0 Å². The fourth-order valence-electron chi connectivity index (χ4n) is 6.10. The van der Waals surface area contributed by atoms with Crippen molar-refractivity contribution in [2.24, 2.45) is 0 Å². The third-order valence-corrected chi connectivity index (χ3v) is 13.3. The molecule has 0 amide bonds. The van der Waals surface area contributed by atoms with E-state index >= 15 is 0 Å². The van der Waals surface area contributed by atoms with Crippen molar-refractivity contribution in [1.29, 1.82) is 0 Å². The van der Waals surface area contributed by atoms with Crippen molar-refractivity contribution in [3.8, 4) is 22.4 Å². The molecule has 44 heavy (non-hydrogen) atoms. The minimum Gasteiger partial charge on any atom is -0.478 e. The van der Waals surface area contributed by atoms with Gasteiger partial charge in [-0.2, -0.15) is 0 Å². The van der Waals surface area contributed by atoms with Crippen molar-refractivity contribution >= 4 is 35.6 Å². The Hall–Kier alpha value is -4.84. The molecule has 1 N–H and O–H groups in total. The number of hydrogen-bond donors (Lipinski definition) is 1. The predicted octanol–water partition coefficient (Wildman–Crippen LogP) is 8.34. The van der Waals surface area contributed by atoms with Gasteiger partial charge in [-0.15, -0.1) is 0 Å². The van der Waals surface area contributed by atoms with E-state index in [1.807, 2.05) is 36.4 Å². The summed E-state index contributed by atoms with van der Waals surface area (Å²) in [6.45, 7) is 7.23. The number of fused-ring (bicyclic) bond motifs is 1. The van der Waals surface area contributed by atoms with Gasteiger partial charge in [0.2, 0.25) is 0 Å². The molecule has 0 fully saturated rings. The van der Waals surface area contributed by atoms with Crippen LogP contribution in [0.4, 0.5) is 0 Å². The Morgan fingerprint density at radius 3 is 1.91 bits per heavy atom. The number of pyridine rings is 1.